The van der Waals surface area contributed by atoms with Crippen molar-refractivity contribution in [3.05, 3.63) is 29.8 Å². The van der Waals surface area contributed by atoms with Crippen LogP contribution in [-0.2, 0) is 4.79 Å². The number of hydrogen-bond donors (Lipinski definition) is 1. The molecule has 3 rings (SSSR count). The van der Waals surface area contributed by atoms with Crippen molar-refractivity contribution < 1.29 is 9.90 Å². The lowest BCUT2D eigenvalue weighted by molar-refractivity contribution is -0.139. The highest BCUT2D eigenvalue weighted by Crippen LogP contribution is 2.43. The SMILES string of the molecule is O=C(O)C(c1ccc(N2CCCCC2)cc1)C1CC1. The van der Waals surface area contributed by atoms with Gasteiger partial charge in [0.25, 0.3) is 0 Å². The van der Waals surface area contributed by atoms with Gasteiger partial charge in [-0.1, -0.05) is 12.1 Å². The first-order valence-electron chi connectivity index (χ1n) is 7.33. The van der Waals surface area contributed by atoms with Gasteiger partial charge in [-0.15, -0.1) is 0 Å². The first-order chi connectivity index (χ1) is 9.25. The van der Waals surface area contributed by atoms with E-state index in [2.05, 4.69) is 17.0 Å². The van der Waals surface area contributed by atoms with Crippen LogP contribution in [-0.4, -0.2) is 24.2 Å². The second-order valence-corrected chi connectivity index (χ2v) is 5.79. The van der Waals surface area contributed by atoms with E-state index in [0.717, 1.165) is 31.5 Å². The zero-order chi connectivity index (χ0) is 13.2. The number of piperidine rings is 1. The fourth-order valence-corrected chi connectivity index (χ4v) is 3.09. The molecule has 1 heterocycles. The Morgan fingerprint density at radius 1 is 1.11 bits per heavy atom. The first-order valence-corrected chi connectivity index (χ1v) is 7.33. The van der Waals surface area contributed by atoms with Crippen molar-refractivity contribution in [2.45, 2.75) is 38.0 Å². The van der Waals surface area contributed by atoms with Crippen LogP contribution in [0.5, 0.6) is 0 Å². The Morgan fingerprint density at radius 3 is 2.26 bits per heavy atom. The number of carbonyl (C=O) groups is 1. The number of aliphatic carboxylic acids is 1. The number of nitrogens with zero attached hydrogens (tertiary/aromatic N) is 1. The van der Waals surface area contributed by atoms with Crippen LogP contribution in [0.1, 0.15) is 43.6 Å². The molecule has 0 bridgehead atoms. The van der Waals surface area contributed by atoms with Crippen LogP contribution in [0.25, 0.3) is 0 Å². The van der Waals surface area contributed by atoms with E-state index in [1.54, 1.807) is 0 Å². The van der Waals surface area contributed by atoms with Gasteiger partial charge in [0.1, 0.15) is 0 Å². The molecular formula is C16H21NO2. The third kappa shape index (κ3) is 2.75. The summed E-state index contributed by atoms with van der Waals surface area (Å²) in [5.74, 6) is -0.609. The summed E-state index contributed by atoms with van der Waals surface area (Å²) in [5.41, 5.74) is 2.21. The third-order valence-electron chi connectivity index (χ3n) is 4.33. The van der Waals surface area contributed by atoms with Crippen molar-refractivity contribution in [3.63, 3.8) is 0 Å². The summed E-state index contributed by atoms with van der Waals surface area (Å²) in [6, 6.07) is 8.22. The molecule has 1 atom stereocenters. The van der Waals surface area contributed by atoms with Crippen molar-refractivity contribution >= 4 is 11.7 Å². The minimum atomic E-state index is -0.673. The molecule has 0 aromatic heterocycles. The van der Waals surface area contributed by atoms with Gasteiger partial charge in [0.15, 0.2) is 0 Å². The average molecular weight is 259 g/mol. The zero-order valence-electron chi connectivity index (χ0n) is 11.2. The molecule has 3 nitrogen and oxygen atoms in total. The second kappa shape index (κ2) is 5.24. The quantitative estimate of drug-likeness (QED) is 0.902. The van der Waals surface area contributed by atoms with E-state index in [4.69, 9.17) is 0 Å². The number of anilines is 1. The van der Waals surface area contributed by atoms with E-state index in [1.807, 2.05) is 12.1 Å². The zero-order valence-corrected chi connectivity index (χ0v) is 11.2. The van der Waals surface area contributed by atoms with E-state index in [0.29, 0.717) is 5.92 Å². The molecule has 0 spiro atoms. The van der Waals surface area contributed by atoms with Crippen molar-refractivity contribution in [1.82, 2.24) is 0 Å². The standard InChI is InChI=1S/C16H21NO2/c18-16(19)15(12-4-5-12)13-6-8-14(9-7-13)17-10-2-1-3-11-17/h6-9,12,15H,1-5,10-11H2,(H,18,19). The number of rotatable bonds is 4. The monoisotopic (exact) mass is 259 g/mol. The van der Waals surface area contributed by atoms with Crippen LogP contribution < -0.4 is 4.90 Å². The predicted molar refractivity (Wildman–Crippen MR) is 75.6 cm³/mol. The van der Waals surface area contributed by atoms with E-state index >= 15 is 0 Å². The summed E-state index contributed by atoms with van der Waals surface area (Å²) in [4.78, 5) is 13.8. The third-order valence-corrected chi connectivity index (χ3v) is 4.33. The minimum absolute atomic E-state index is 0.296. The molecular weight excluding hydrogens is 238 g/mol. The van der Waals surface area contributed by atoms with Gasteiger partial charge in [-0.2, -0.15) is 0 Å². The fraction of sp³-hybridized carbons (Fsp3) is 0.562. The molecule has 1 unspecified atom stereocenters. The van der Waals surface area contributed by atoms with Gasteiger partial charge in [0.05, 0.1) is 5.92 Å². The minimum Gasteiger partial charge on any atom is -0.481 e. The van der Waals surface area contributed by atoms with Gasteiger partial charge in [-0.3, -0.25) is 4.79 Å². The molecule has 1 aromatic carbocycles. The van der Waals surface area contributed by atoms with Crippen LogP contribution in [0.4, 0.5) is 5.69 Å². The molecule has 1 aliphatic heterocycles. The Bertz CT molecular complexity index is 444. The molecule has 1 aromatic rings. The smallest absolute Gasteiger partial charge is 0.311 e. The molecule has 1 N–H and O–H groups in total. The van der Waals surface area contributed by atoms with Gasteiger partial charge in [-0.25, -0.2) is 0 Å². The molecule has 1 saturated carbocycles. The molecule has 0 amide bonds. The van der Waals surface area contributed by atoms with Crippen LogP contribution in [0.15, 0.2) is 24.3 Å². The average Bonchev–Trinajstić information content (AvgIpc) is 3.25. The van der Waals surface area contributed by atoms with Gasteiger partial charge in [0, 0.05) is 18.8 Å². The Morgan fingerprint density at radius 2 is 1.74 bits per heavy atom. The molecule has 3 heteroatoms. The Hall–Kier alpha value is -1.51. The van der Waals surface area contributed by atoms with E-state index in [-0.39, 0.29) is 5.92 Å². The number of benzene rings is 1. The lowest BCUT2D eigenvalue weighted by Gasteiger charge is -2.29. The lowest BCUT2D eigenvalue weighted by atomic mass is 9.94. The summed E-state index contributed by atoms with van der Waals surface area (Å²) in [7, 11) is 0. The van der Waals surface area contributed by atoms with Gasteiger partial charge >= 0.3 is 5.97 Å². The van der Waals surface area contributed by atoms with Gasteiger partial charge in [0.2, 0.25) is 0 Å². The van der Waals surface area contributed by atoms with Crippen LogP contribution in [0.2, 0.25) is 0 Å². The molecule has 1 saturated heterocycles. The van der Waals surface area contributed by atoms with Crippen molar-refractivity contribution in [3.8, 4) is 0 Å². The molecule has 19 heavy (non-hydrogen) atoms. The van der Waals surface area contributed by atoms with Crippen LogP contribution in [0.3, 0.4) is 0 Å². The summed E-state index contributed by atoms with van der Waals surface area (Å²) in [6.45, 7) is 2.26. The summed E-state index contributed by atoms with van der Waals surface area (Å²) in [6.07, 6.45) is 5.98. The van der Waals surface area contributed by atoms with Gasteiger partial charge < -0.3 is 10.0 Å². The maximum Gasteiger partial charge on any atom is 0.311 e. The maximum atomic E-state index is 11.4. The van der Waals surface area contributed by atoms with Crippen molar-refractivity contribution in [2.24, 2.45) is 5.92 Å². The second-order valence-electron chi connectivity index (χ2n) is 5.79. The topological polar surface area (TPSA) is 40.5 Å². The van der Waals surface area contributed by atoms with E-state index in [1.165, 1.54) is 24.9 Å². The Balaban J connectivity index is 1.75. The highest BCUT2D eigenvalue weighted by molar-refractivity contribution is 5.77. The molecule has 1 aliphatic carbocycles. The predicted octanol–water partition coefficient (Wildman–Crippen LogP) is 3.26. The summed E-state index contributed by atoms with van der Waals surface area (Å²) < 4.78 is 0. The lowest BCUT2D eigenvalue weighted by Crippen LogP contribution is -2.29. The largest absolute Gasteiger partial charge is 0.481 e. The van der Waals surface area contributed by atoms with Gasteiger partial charge in [-0.05, 0) is 55.7 Å². The normalized spacial score (nSPS) is 21.2. The van der Waals surface area contributed by atoms with Crippen LogP contribution >= 0.6 is 0 Å². The highest BCUT2D eigenvalue weighted by Gasteiger charge is 2.37. The van der Waals surface area contributed by atoms with E-state index < -0.39 is 5.97 Å². The maximum absolute atomic E-state index is 11.4. The van der Waals surface area contributed by atoms with Crippen molar-refractivity contribution in [2.75, 3.05) is 18.0 Å². The summed E-state index contributed by atoms with van der Waals surface area (Å²) >= 11 is 0. The first kappa shape index (κ1) is 12.5. The van der Waals surface area contributed by atoms with Crippen molar-refractivity contribution in [1.29, 1.82) is 0 Å². The molecule has 2 fully saturated rings. The Labute approximate surface area is 114 Å². The van der Waals surface area contributed by atoms with E-state index in [9.17, 15) is 9.90 Å². The highest BCUT2D eigenvalue weighted by atomic mass is 16.4. The van der Waals surface area contributed by atoms with Crippen LogP contribution in [0, 0.1) is 5.92 Å². The summed E-state index contributed by atoms with van der Waals surface area (Å²) in [5, 5.41) is 9.34. The number of hydrogen-bond acceptors (Lipinski definition) is 2. The molecule has 102 valence electrons. The Kier molecular flexibility index (Phi) is 3.45. The molecule has 2 aliphatic rings. The number of carboxylic acid groups (broad SMARTS) is 1. The number of carboxylic acids is 1. The molecule has 0 radical (unpaired) electrons. The fourth-order valence-electron chi connectivity index (χ4n) is 3.09.